The number of amides is 2. The van der Waals surface area contributed by atoms with Gasteiger partial charge in [0.25, 0.3) is 0 Å². The molecule has 0 saturated heterocycles. The highest BCUT2D eigenvalue weighted by Crippen LogP contribution is 2.24. The van der Waals surface area contributed by atoms with Crippen molar-refractivity contribution in [2.45, 2.75) is 64.1 Å². The first-order chi connectivity index (χ1) is 14.7. The van der Waals surface area contributed by atoms with Crippen LogP contribution in [0.15, 0.2) is 47.4 Å². The third-order valence-electron chi connectivity index (χ3n) is 5.11. The Labute approximate surface area is 199 Å². The summed E-state index contributed by atoms with van der Waals surface area (Å²) < 4.78 is 0. The molecule has 0 bridgehead atoms. The second-order valence-electron chi connectivity index (χ2n) is 7.68. The van der Waals surface area contributed by atoms with Crippen LogP contribution in [0.3, 0.4) is 0 Å². The lowest BCUT2D eigenvalue weighted by molar-refractivity contribution is -0.140. The summed E-state index contributed by atoms with van der Waals surface area (Å²) >= 11 is 13.8. The van der Waals surface area contributed by atoms with E-state index in [1.165, 1.54) is 5.56 Å². The van der Waals surface area contributed by atoms with Gasteiger partial charge in [0.05, 0.1) is 10.0 Å². The fourth-order valence-corrected chi connectivity index (χ4v) is 4.08. The van der Waals surface area contributed by atoms with E-state index in [0.717, 1.165) is 16.9 Å². The van der Waals surface area contributed by atoms with Crippen LogP contribution in [0.1, 0.15) is 44.7 Å². The first kappa shape index (κ1) is 25.6. The van der Waals surface area contributed by atoms with Gasteiger partial charge in [0.2, 0.25) is 11.8 Å². The quantitative estimate of drug-likeness (QED) is 0.416. The van der Waals surface area contributed by atoms with Gasteiger partial charge < -0.3 is 10.2 Å². The van der Waals surface area contributed by atoms with E-state index in [0.29, 0.717) is 28.8 Å². The number of carbonyl (C=O) groups is 2. The molecule has 7 heteroatoms. The fraction of sp³-hybridized carbons (Fsp3) is 0.417. The molecule has 0 aromatic heterocycles. The SMILES string of the molecule is CC[C@@H](C)NC(=O)[C@@H](C)N(Cc1ccc(Cl)c(Cl)c1)C(=O)CCSc1ccc(C)cc1. The van der Waals surface area contributed by atoms with E-state index in [1.54, 1.807) is 35.7 Å². The monoisotopic (exact) mass is 480 g/mol. The van der Waals surface area contributed by atoms with Gasteiger partial charge in [0.15, 0.2) is 0 Å². The Bertz CT molecular complexity index is 890. The topological polar surface area (TPSA) is 49.4 Å². The number of nitrogens with zero attached hydrogens (tertiary/aromatic N) is 1. The highest BCUT2D eigenvalue weighted by molar-refractivity contribution is 7.99. The molecule has 2 aromatic carbocycles. The minimum Gasteiger partial charge on any atom is -0.352 e. The van der Waals surface area contributed by atoms with E-state index in [1.807, 2.05) is 26.8 Å². The molecule has 0 saturated carbocycles. The maximum Gasteiger partial charge on any atom is 0.242 e. The molecule has 1 N–H and O–H groups in total. The molecule has 31 heavy (non-hydrogen) atoms. The van der Waals surface area contributed by atoms with Crippen LogP contribution >= 0.6 is 35.0 Å². The molecule has 2 aromatic rings. The predicted molar refractivity (Wildman–Crippen MR) is 131 cm³/mol. The molecule has 2 atom stereocenters. The fourth-order valence-electron chi connectivity index (χ4n) is 2.92. The number of hydrogen-bond donors (Lipinski definition) is 1. The van der Waals surface area contributed by atoms with Crippen LogP contribution in [0.2, 0.25) is 10.0 Å². The molecule has 0 aliphatic heterocycles. The Balaban J connectivity index is 2.10. The van der Waals surface area contributed by atoms with Gasteiger partial charge in [-0.05, 0) is 57.0 Å². The van der Waals surface area contributed by atoms with Gasteiger partial charge in [-0.25, -0.2) is 0 Å². The van der Waals surface area contributed by atoms with E-state index in [-0.39, 0.29) is 17.9 Å². The third kappa shape index (κ3) is 8.06. The molecule has 0 heterocycles. The van der Waals surface area contributed by atoms with Crippen molar-refractivity contribution in [3.8, 4) is 0 Å². The number of halogens is 2. The summed E-state index contributed by atoms with van der Waals surface area (Å²) in [7, 11) is 0. The van der Waals surface area contributed by atoms with Crippen molar-refractivity contribution >= 4 is 46.8 Å². The summed E-state index contributed by atoms with van der Waals surface area (Å²) in [5.41, 5.74) is 2.03. The van der Waals surface area contributed by atoms with E-state index in [4.69, 9.17) is 23.2 Å². The molecule has 2 rings (SSSR count). The van der Waals surface area contributed by atoms with Crippen LogP contribution in [0.5, 0.6) is 0 Å². The molecule has 0 fully saturated rings. The average molecular weight is 481 g/mol. The van der Waals surface area contributed by atoms with Crippen LogP contribution in [0.4, 0.5) is 0 Å². The number of rotatable bonds is 10. The van der Waals surface area contributed by atoms with Crippen molar-refractivity contribution in [3.05, 3.63) is 63.6 Å². The summed E-state index contributed by atoms with van der Waals surface area (Å²) in [5, 5.41) is 3.86. The van der Waals surface area contributed by atoms with Crippen molar-refractivity contribution < 1.29 is 9.59 Å². The zero-order valence-corrected chi connectivity index (χ0v) is 20.8. The van der Waals surface area contributed by atoms with Gasteiger partial charge in [-0.15, -0.1) is 11.8 Å². The number of carbonyl (C=O) groups excluding carboxylic acids is 2. The van der Waals surface area contributed by atoms with Crippen LogP contribution in [-0.4, -0.2) is 34.6 Å². The molecular weight excluding hydrogens is 451 g/mol. The lowest BCUT2D eigenvalue weighted by Gasteiger charge is -2.30. The van der Waals surface area contributed by atoms with E-state index >= 15 is 0 Å². The smallest absolute Gasteiger partial charge is 0.242 e. The second-order valence-corrected chi connectivity index (χ2v) is 9.66. The maximum atomic E-state index is 13.1. The summed E-state index contributed by atoms with van der Waals surface area (Å²) in [4.78, 5) is 28.6. The standard InChI is InChI=1S/C24H30Cl2N2O2S/c1-5-17(3)27-24(30)18(4)28(15-19-8-11-21(25)22(26)14-19)23(29)12-13-31-20-9-6-16(2)7-10-20/h6-11,14,17-18H,5,12-13,15H2,1-4H3,(H,27,30)/t17-,18-/m1/s1. The average Bonchev–Trinajstić information content (AvgIpc) is 2.75. The van der Waals surface area contributed by atoms with Gasteiger partial charge in [-0.2, -0.15) is 0 Å². The maximum absolute atomic E-state index is 13.1. The summed E-state index contributed by atoms with van der Waals surface area (Å²) in [6.45, 7) is 8.06. The number of benzene rings is 2. The molecular formula is C24H30Cl2N2O2S. The number of hydrogen-bond acceptors (Lipinski definition) is 3. The van der Waals surface area contributed by atoms with E-state index < -0.39 is 6.04 Å². The molecule has 4 nitrogen and oxygen atoms in total. The second kappa shape index (κ2) is 12.4. The first-order valence-electron chi connectivity index (χ1n) is 10.4. The number of thioether (sulfide) groups is 1. The zero-order chi connectivity index (χ0) is 23.0. The molecule has 0 unspecified atom stereocenters. The van der Waals surface area contributed by atoms with Gasteiger partial charge in [0, 0.05) is 29.7 Å². The third-order valence-corrected chi connectivity index (χ3v) is 6.86. The molecule has 0 aliphatic carbocycles. The van der Waals surface area contributed by atoms with Crippen molar-refractivity contribution in [1.82, 2.24) is 10.2 Å². The normalized spacial score (nSPS) is 12.8. The lowest BCUT2D eigenvalue weighted by atomic mass is 10.1. The molecule has 0 radical (unpaired) electrons. The largest absolute Gasteiger partial charge is 0.352 e. The van der Waals surface area contributed by atoms with Crippen molar-refractivity contribution in [2.75, 3.05) is 5.75 Å². The zero-order valence-electron chi connectivity index (χ0n) is 18.5. The number of aryl methyl sites for hydroxylation is 1. The van der Waals surface area contributed by atoms with Crippen LogP contribution in [0.25, 0.3) is 0 Å². The Morgan fingerprint density at radius 1 is 1.06 bits per heavy atom. The van der Waals surface area contributed by atoms with Gasteiger partial charge in [-0.3, -0.25) is 9.59 Å². The predicted octanol–water partition coefficient (Wildman–Crippen LogP) is 6.12. The highest BCUT2D eigenvalue weighted by Gasteiger charge is 2.26. The van der Waals surface area contributed by atoms with Gasteiger partial charge in [-0.1, -0.05) is 53.9 Å². The molecule has 168 valence electrons. The summed E-state index contributed by atoms with van der Waals surface area (Å²) in [6, 6.07) is 13.0. The Hall–Kier alpha value is -1.69. The van der Waals surface area contributed by atoms with Crippen LogP contribution in [0, 0.1) is 6.92 Å². The summed E-state index contributed by atoms with van der Waals surface area (Å²) in [6.07, 6.45) is 1.16. The first-order valence-corrected chi connectivity index (χ1v) is 12.2. The Morgan fingerprint density at radius 3 is 2.35 bits per heavy atom. The van der Waals surface area contributed by atoms with E-state index in [2.05, 4.69) is 29.6 Å². The highest BCUT2D eigenvalue weighted by atomic mass is 35.5. The Kier molecular flexibility index (Phi) is 10.2. The van der Waals surface area contributed by atoms with Crippen LogP contribution < -0.4 is 5.32 Å². The molecule has 2 amide bonds. The van der Waals surface area contributed by atoms with Crippen molar-refractivity contribution in [1.29, 1.82) is 0 Å². The molecule has 0 spiro atoms. The van der Waals surface area contributed by atoms with Crippen molar-refractivity contribution in [2.24, 2.45) is 0 Å². The van der Waals surface area contributed by atoms with Crippen molar-refractivity contribution in [3.63, 3.8) is 0 Å². The van der Waals surface area contributed by atoms with Gasteiger partial charge in [0.1, 0.15) is 6.04 Å². The van der Waals surface area contributed by atoms with E-state index in [9.17, 15) is 9.59 Å². The van der Waals surface area contributed by atoms with Crippen LogP contribution in [-0.2, 0) is 16.1 Å². The minimum atomic E-state index is -0.597. The minimum absolute atomic E-state index is 0.0500. The molecule has 0 aliphatic rings. The Morgan fingerprint density at radius 2 is 1.74 bits per heavy atom. The van der Waals surface area contributed by atoms with Gasteiger partial charge >= 0.3 is 0 Å². The summed E-state index contributed by atoms with van der Waals surface area (Å²) in [5.74, 6) is 0.408. The number of nitrogens with one attached hydrogen (secondary N) is 1. The lowest BCUT2D eigenvalue weighted by Crippen LogP contribution is -2.49.